The second-order valence-corrected chi connectivity index (χ2v) is 6.78. The zero-order valence-electron chi connectivity index (χ0n) is 12.2. The number of hydrogen-bond acceptors (Lipinski definition) is 2. The van der Waals surface area contributed by atoms with E-state index in [1.807, 2.05) is 6.07 Å². The molecular weight excluding hydrogens is 224 g/mol. The SMILES string of the molecule is CC(C)(C)c1cc(/C=C\O)c(O)c(C(C)(C)C)c1. The molecule has 1 aromatic carbocycles. The van der Waals surface area contributed by atoms with Crippen LogP contribution in [0.2, 0.25) is 0 Å². The Morgan fingerprint density at radius 3 is 1.89 bits per heavy atom. The van der Waals surface area contributed by atoms with Crippen LogP contribution in [-0.2, 0) is 10.8 Å². The fourth-order valence-electron chi connectivity index (χ4n) is 1.87. The Morgan fingerprint density at radius 1 is 0.944 bits per heavy atom. The van der Waals surface area contributed by atoms with Crippen LogP contribution in [0.25, 0.3) is 6.08 Å². The molecule has 0 fully saturated rings. The summed E-state index contributed by atoms with van der Waals surface area (Å²) in [5, 5.41) is 19.2. The zero-order chi connectivity index (χ0) is 14.1. The molecule has 0 aliphatic carbocycles. The molecule has 0 saturated carbocycles. The van der Waals surface area contributed by atoms with Gasteiger partial charge >= 0.3 is 0 Å². The molecule has 0 aromatic heterocycles. The van der Waals surface area contributed by atoms with Gasteiger partial charge in [0.2, 0.25) is 0 Å². The first-order valence-electron chi connectivity index (χ1n) is 6.26. The van der Waals surface area contributed by atoms with Crippen molar-refractivity contribution in [2.75, 3.05) is 0 Å². The maximum absolute atomic E-state index is 10.3. The minimum atomic E-state index is -0.136. The average molecular weight is 248 g/mol. The number of aliphatic hydroxyl groups excluding tert-OH is 1. The zero-order valence-corrected chi connectivity index (χ0v) is 12.2. The molecule has 0 aliphatic rings. The van der Waals surface area contributed by atoms with Gasteiger partial charge in [0, 0.05) is 11.1 Å². The molecular formula is C16H24O2. The van der Waals surface area contributed by atoms with Crippen LogP contribution in [0.3, 0.4) is 0 Å². The van der Waals surface area contributed by atoms with Crippen molar-refractivity contribution in [3.8, 4) is 5.75 Å². The van der Waals surface area contributed by atoms with Crippen molar-refractivity contribution >= 4 is 6.08 Å². The first-order chi connectivity index (χ1) is 8.07. The van der Waals surface area contributed by atoms with E-state index in [0.717, 1.165) is 17.4 Å². The molecule has 0 radical (unpaired) electrons. The standard InChI is InChI=1S/C16H24O2/c1-15(2,3)12-9-11(7-8-17)14(18)13(10-12)16(4,5)6/h7-10,17-18H,1-6H3/b8-7-. The third-order valence-electron chi connectivity index (χ3n) is 3.07. The summed E-state index contributed by atoms with van der Waals surface area (Å²) in [6.07, 6.45) is 2.49. The number of aliphatic hydroxyl groups is 1. The summed E-state index contributed by atoms with van der Waals surface area (Å²) in [5.41, 5.74) is 2.59. The van der Waals surface area contributed by atoms with Crippen molar-refractivity contribution in [1.29, 1.82) is 0 Å². The van der Waals surface area contributed by atoms with E-state index in [9.17, 15) is 5.11 Å². The molecule has 0 amide bonds. The fraction of sp³-hybridized carbons (Fsp3) is 0.500. The molecule has 0 saturated heterocycles. The number of phenols is 1. The Kier molecular flexibility index (Phi) is 3.80. The van der Waals surface area contributed by atoms with Crippen molar-refractivity contribution in [2.24, 2.45) is 0 Å². The number of aromatic hydroxyl groups is 1. The van der Waals surface area contributed by atoms with Crippen LogP contribution < -0.4 is 0 Å². The molecule has 2 heteroatoms. The van der Waals surface area contributed by atoms with E-state index < -0.39 is 0 Å². The second-order valence-electron chi connectivity index (χ2n) is 6.78. The molecule has 0 bridgehead atoms. The summed E-state index contributed by atoms with van der Waals surface area (Å²) in [6, 6.07) is 3.99. The van der Waals surface area contributed by atoms with Gasteiger partial charge in [-0.25, -0.2) is 0 Å². The van der Waals surface area contributed by atoms with Crippen molar-refractivity contribution in [2.45, 2.75) is 52.4 Å². The van der Waals surface area contributed by atoms with E-state index in [4.69, 9.17) is 5.11 Å². The molecule has 0 heterocycles. The van der Waals surface area contributed by atoms with Crippen LogP contribution >= 0.6 is 0 Å². The normalized spacial score (nSPS) is 13.2. The number of rotatable bonds is 1. The van der Waals surface area contributed by atoms with E-state index >= 15 is 0 Å². The fourth-order valence-corrected chi connectivity index (χ4v) is 1.87. The molecule has 0 atom stereocenters. The Balaban J connectivity index is 3.57. The van der Waals surface area contributed by atoms with Crippen molar-refractivity contribution < 1.29 is 10.2 Å². The van der Waals surface area contributed by atoms with Crippen molar-refractivity contribution in [3.05, 3.63) is 35.1 Å². The highest BCUT2D eigenvalue weighted by atomic mass is 16.3. The third kappa shape index (κ3) is 3.06. The van der Waals surface area contributed by atoms with Crippen LogP contribution in [-0.4, -0.2) is 10.2 Å². The lowest BCUT2D eigenvalue weighted by molar-refractivity contribution is 0.442. The largest absolute Gasteiger partial charge is 0.516 e. The van der Waals surface area contributed by atoms with Crippen LogP contribution in [0.1, 0.15) is 58.2 Å². The maximum Gasteiger partial charge on any atom is 0.126 e. The second kappa shape index (κ2) is 4.68. The summed E-state index contributed by atoms with van der Waals surface area (Å²) in [4.78, 5) is 0. The van der Waals surface area contributed by atoms with Gasteiger partial charge in [-0.1, -0.05) is 47.6 Å². The van der Waals surface area contributed by atoms with E-state index in [2.05, 4.69) is 47.6 Å². The van der Waals surface area contributed by atoms with Gasteiger partial charge in [0.25, 0.3) is 0 Å². The first-order valence-corrected chi connectivity index (χ1v) is 6.26. The van der Waals surface area contributed by atoms with E-state index in [1.54, 1.807) is 0 Å². The summed E-state index contributed by atoms with van der Waals surface area (Å²) >= 11 is 0. The number of phenolic OH excluding ortho intramolecular Hbond substituents is 1. The van der Waals surface area contributed by atoms with Crippen LogP contribution in [0.15, 0.2) is 18.4 Å². The Morgan fingerprint density at radius 2 is 1.50 bits per heavy atom. The summed E-state index contributed by atoms with van der Waals surface area (Å²) < 4.78 is 0. The summed E-state index contributed by atoms with van der Waals surface area (Å²) in [5.74, 6) is 0.251. The Labute approximate surface area is 110 Å². The van der Waals surface area contributed by atoms with Crippen LogP contribution in [0.4, 0.5) is 0 Å². The van der Waals surface area contributed by atoms with Gasteiger partial charge in [-0.3, -0.25) is 0 Å². The third-order valence-corrected chi connectivity index (χ3v) is 3.07. The highest BCUT2D eigenvalue weighted by Gasteiger charge is 2.24. The minimum Gasteiger partial charge on any atom is -0.516 e. The average Bonchev–Trinajstić information content (AvgIpc) is 2.17. The lowest BCUT2D eigenvalue weighted by atomic mass is 9.79. The van der Waals surface area contributed by atoms with Gasteiger partial charge in [0.15, 0.2) is 0 Å². The lowest BCUT2D eigenvalue weighted by Gasteiger charge is -2.27. The molecule has 1 aromatic rings. The van der Waals surface area contributed by atoms with Crippen LogP contribution in [0.5, 0.6) is 5.75 Å². The van der Waals surface area contributed by atoms with Gasteiger partial charge < -0.3 is 10.2 Å². The lowest BCUT2D eigenvalue weighted by Crippen LogP contribution is -2.17. The maximum atomic E-state index is 10.3. The highest BCUT2D eigenvalue weighted by molar-refractivity contribution is 5.62. The predicted molar refractivity (Wildman–Crippen MR) is 77.2 cm³/mol. The molecule has 100 valence electrons. The monoisotopic (exact) mass is 248 g/mol. The molecule has 1 rings (SSSR count). The topological polar surface area (TPSA) is 40.5 Å². The van der Waals surface area contributed by atoms with Gasteiger partial charge in [-0.15, -0.1) is 0 Å². The quantitative estimate of drug-likeness (QED) is 0.717. The number of benzene rings is 1. The Bertz CT molecular complexity index is 457. The molecule has 0 aliphatic heterocycles. The molecule has 0 unspecified atom stereocenters. The Hall–Kier alpha value is -1.44. The van der Waals surface area contributed by atoms with Crippen LogP contribution in [0, 0.1) is 0 Å². The number of hydrogen-bond donors (Lipinski definition) is 2. The smallest absolute Gasteiger partial charge is 0.126 e. The summed E-state index contributed by atoms with van der Waals surface area (Å²) in [6.45, 7) is 12.6. The van der Waals surface area contributed by atoms with E-state index in [1.165, 1.54) is 6.08 Å². The van der Waals surface area contributed by atoms with E-state index in [-0.39, 0.29) is 16.6 Å². The first kappa shape index (κ1) is 14.6. The molecule has 2 N–H and O–H groups in total. The van der Waals surface area contributed by atoms with Crippen molar-refractivity contribution in [1.82, 2.24) is 0 Å². The molecule has 0 spiro atoms. The van der Waals surface area contributed by atoms with E-state index in [0.29, 0.717) is 5.56 Å². The van der Waals surface area contributed by atoms with Gasteiger partial charge in [0.1, 0.15) is 5.75 Å². The molecule has 2 nitrogen and oxygen atoms in total. The summed E-state index contributed by atoms with van der Waals surface area (Å²) in [7, 11) is 0. The predicted octanol–water partition coefficient (Wildman–Crippen LogP) is 4.52. The van der Waals surface area contributed by atoms with Gasteiger partial charge in [-0.2, -0.15) is 0 Å². The molecule has 18 heavy (non-hydrogen) atoms. The van der Waals surface area contributed by atoms with Crippen molar-refractivity contribution in [3.63, 3.8) is 0 Å². The highest BCUT2D eigenvalue weighted by Crippen LogP contribution is 2.38. The minimum absolute atomic E-state index is 0.00570. The van der Waals surface area contributed by atoms with Gasteiger partial charge in [0.05, 0.1) is 6.26 Å². The van der Waals surface area contributed by atoms with Gasteiger partial charge in [-0.05, 0) is 28.5 Å².